The Balaban J connectivity index is 1.44. The molecule has 0 saturated carbocycles. The van der Waals surface area contributed by atoms with E-state index < -0.39 is 0 Å². The Bertz CT molecular complexity index is 1130. The largest absolute Gasteiger partial charge is 0.378 e. The predicted octanol–water partition coefficient (Wildman–Crippen LogP) is 3.01. The van der Waals surface area contributed by atoms with Crippen molar-refractivity contribution in [3.05, 3.63) is 60.4 Å². The van der Waals surface area contributed by atoms with Gasteiger partial charge in [-0.1, -0.05) is 18.2 Å². The number of likely N-dealkylation sites (tertiary alicyclic amines) is 1. The number of amides is 2. The summed E-state index contributed by atoms with van der Waals surface area (Å²) in [5, 5.41) is 0.826. The van der Waals surface area contributed by atoms with Gasteiger partial charge in [-0.2, -0.15) is 0 Å². The number of carbonyl (C=O) groups is 2. The normalized spacial score (nSPS) is 19.2. The summed E-state index contributed by atoms with van der Waals surface area (Å²) in [6, 6.07) is 13.4. The van der Waals surface area contributed by atoms with Crippen LogP contribution in [0.25, 0.3) is 22.2 Å². The van der Waals surface area contributed by atoms with Gasteiger partial charge < -0.3 is 14.5 Å². The van der Waals surface area contributed by atoms with E-state index in [4.69, 9.17) is 9.72 Å². The fraction of sp³-hybridized carbons (Fsp3) is 0.360. The number of pyridine rings is 2. The van der Waals surface area contributed by atoms with Crippen LogP contribution in [0.4, 0.5) is 0 Å². The van der Waals surface area contributed by atoms with E-state index in [-0.39, 0.29) is 17.7 Å². The highest BCUT2D eigenvalue weighted by Crippen LogP contribution is 2.27. The van der Waals surface area contributed by atoms with Crippen LogP contribution in [0, 0.1) is 5.92 Å². The molecule has 2 aliphatic rings. The van der Waals surface area contributed by atoms with Crippen molar-refractivity contribution in [2.75, 3.05) is 39.4 Å². The highest BCUT2D eigenvalue weighted by molar-refractivity contribution is 6.07. The summed E-state index contributed by atoms with van der Waals surface area (Å²) in [7, 11) is 0. The molecule has 2 aliphatic heterocycles. The molecule has 7 nitrogen and oxygen atoms in total. The van der Waals surface area contributed by atoms with Crippen molar-refractivity contribution in [1.82, 2.24) is 19.8 Å². The van der Waals surface area contributed by atoms with Crippen LogP contribution >= 0.6 is 0 Å². The maximum Gasteiger partial charge on any atom is 0.254 e. The monoisotopic (exact) mass is 430 g/mol. The molecule has 32 heavy (non-hydrogen) atoms. The molecule has 1 atom stereocenters. The van der Waals surface area contributed by atoms with Gasteiger partial charge in [0.2, 0.25) is 5.91 Å². The van der Waals surface area contributed by atoms with Crippen molar-refractivity contribution in [1.29, 1.82) is 0 Å². The first kappa shape index (κ1) is 20.6. The number of piperidine rings is 1. The zero-order valence-corrected chi connectivity index (χ0v) is 17.9. The van der Waals surface area contributed by atoms with Crippen molar-refractivity contribution >= 4 is 22.7 Å². The van der Waals surface area contributed by atoms with Gasteiger partial charge in [-0.25, -0.2) is 4.98 Å². The molecule has 0 radical (unpaired) electrons. The SMILES string of the molecule is O=C(c1cc(-c2cccnc2)nc2ccccc12)N1CCCC(C(=O)N2CCOCC2)C1. The number of nitrogens with zero attached hydrogens (tertiary/aromatic N) is 4. The fourth-order valence-corrected chi connectivity index (χ4v) is 4.59. The Morgan fingerprint density at radius 2 is 1.84 bits per heavy atom. The average molecular weight is 431 g/mol. The van der Waals surface area contributed by atoms with Gasteiger partial charge in [-0.3, -0.25) is 14.6 Å². The number of benzene rings is 1. The second-order valence-electron chi connectivity index (χ2n) is 8.34. The van der Waals surface area contributed by atoms with Crippen LogP contribution in [0.3, 0.4) is 0 Å². The number of ether oxygens (including phenoxy) is 1. The molecule has 2 amide bonds. The lowest BCUT2D eigenvalue weighted by Crippen LogP contribution is -2.49. The minimum atomic E-state index is -0.156. The van der Waals surface area contributed by atoms with Crippen LogP contribution in [0.15, 0.2) is 54.9 Å². The highest BCUT2D eigenvalue weighted by atomic mass is 16.5. The second-order valence-corrected chi connectivity index (χ2v) is 8.34. The third kappa shape index (κ3) is 4.08. The summed E-state index contributed by atoms with van der Waals surface area (Å²) in [4.78, 5) is 39.4. The van der Waals surface area contributed by atoms with Crippen LogP contribution in [-0.2, 0) is 9.53 Å². The van der Waals surface area contributed by atoms with E-state index in [2.05, 4.69) is 4.98 Å². The van der Waals surface area contributed by atoms with Gasteiger partial charge in [-0.15, -0.1) is 0 Å². The van der Waals surface area contributed by atoms with E-state index in [0.717, 1.165) is 35.0 Å². The molecule has 0 spiro atoms. The standard InChI is InChI=1S/C25H26N4O3/c30-24(28-11-13-32-14-12-28)19-6-4-10-29(17-19)25(31)21-15-23(18-5-3-9-26-16-18)27-22-8-2-1-7-20(21)22/h1-3,5,7-9,15-16,19H,4,6,10-14,17H2. The van der Waals surface area contributed by atoms with Crippen molar-refractivity contribution in [3.8, 4) is 11.3 Å². The molecule has 4 heterocycles. The van der Waals surface area contributed by atoms with Gasteiger partial charge in [-0.05, 0) is 37.1 Å². The lowest BCUT2D eigenvalue weighted by molar-refractivity contribution is -0.141. The predicted molar refractivity (Wildman–Crippen MR) is 121 cm³/mol. The van der Waals surface area contributed by atoms with E-state index in [0.29, 0.717) is 45.0 Å². The molecule has 0 N–H and O–H groups in total. The molecule has 2 aromatic heterocycles. The topological polar surface area (TPSA) is 75.6 Å². The zero-order valence-electron chi connectivity index (χ0n) is 17.9. The first-order chi connectivity index (χ1) is 15.7. The second kappa shape index (κ2) is 9.04. The van der Waals surface area contributed by atoms with Gasteiger partial charge in [0.25, 0.3) is 5.91 Å². The van der Waals surface area contributed by atoms with E-state index in [1.807, 2.05) is 52.3 Å². The summed E-state index contributed by atoms with van der Waals surface area (Å²) in [5.74, 6) is -0.0636. The molecule has 1 aromatic carbocycles. The first-order valence-electron chi connectivity index (χ1n) is 11.2. The molecule has 2 saturated heterocycles. The number of morpholine rings is 1. The first-order valence-corrected chi connectivity index (χ1v) is 11.2. The average Bonchev–Trinajstić information content (AvgIpc) is 2.88. The van der Waals surface area contributed by atoms with Crippen LogP contribution in [0.5, 0.6) is 0 Å². The van der Waals surface area contributed by atoms with Crippen molar-refractivity contribution < 1.29 is 14.3 Å². The van der Waals surface area contributed by atoms with E-state index >= 15 is 0 Å². The molecule has 2 fully saturated rings. The van der Waals surface area contributed by atoms with Gasteiger partial charge >= 0.3 is 0 Å². The van der Waals surface area contributed by atoms with E-state index in [1.165, 1.54) is 0 Å². The molecular formula is C25H26N4O3. The number of hydrogen-bond donors (Lipinski definition) is 0. The van der Waals surface area contributed by atoms with Crippen molar-refractivity contribution in [2.24, 2.45) is 5.92 Å². The number of aromatic nitrogens is 2. The number of rotatable bonds is 3. The van der Waals surface area contributed by atoms with E-state index in [9.17, 15) is 9.59 Å². The highest BCUT2D eigenvalue weighted by Gasteiger charge is 2.32. The summed E-state index contributed by atoms with van der Waals surface area (Å²) in [5.41, 5.74) is 2.98. The number of fused-ring (bicyclic) bond motifs is 1. The van der Waals surface area contributed by atoms with Gasteiger partial charge in [0, 0.05) is 49.5 Å². The van der Waals surface area contributed by atoms with Gasteiger partial charge in [0.1, 0.15) is 0 Å². The maximum absolute atomic E-state index is 13.7. The Morgan fingerprint density at radius 1 is 1.00 bits per heavy atom. The maximum atomic E-state index is 13.7. The van der Waals surface area contributed by atoms with Gasteiger partial charge in [0.15, 0.2) is 0 Å². The summed E-state index contributed by atoms with van der Waals surface area (Å²) in [6.45, 7) is 3.54. The third-order valence-electron chi connectivity index (χ3n) is 6.28. The molecule has 3 aromatic rings. The molecule has 7 heteroatoms. The molecule has 1 unspecified atom stereocenters. The minimum Gasteiger partial charge on any atom is -0.378 e. The zero-order chi connectivity index (χ0) is 21.9. The fourth-order valence-electron chi connectivity index (χ4n) is 4.59. The summed E-state index contributed by atoms with van der Waals surface area (Å²) in [6.07, 6.45) is 5.11. The summed E-state index contributed by atoms with van der Waals surface area (Å²) < 4.78 is 5.37. The Morgan fingerprint density at radius 3 is 2.66 bits per heavy atom. The lowest BCUT2D eigenvalue weighted by atomic mass is 9.95. The molecular weight excluding hydrogens is 404 g/mol. The number of carbonyl (C=O) groups excluding carboxylic acids is 2. The quantitative estimate of drug-likeness (QED) is 0.639. The van der Waals surface area contributed by atoms with Crippen molar-refractivity contribution in [2.45, 2.75) is 12.8 Å². The third-order valence-corrected chi connectivity index (χ3v) is 6.28. The Labute approximate surface area is 187 Å². The van der Waals surface area contributed by atoms with Gasteiger partial charge in [0.05, 0.1) is 35.9 Å². The molecule has 0 bridgehead atoms. The Kier molecular flexibility index (Phi) is 5.81. The van der Waals surface area contributed by atoms with Crippen molar-refractivity contribution in [3.63, 3.8) is 0 Å². The summed E-state index contributed by atoms with van der Waals surface area (Å²) >= 11 is 0. The molecule has 0 aliphatic carbocycles. The smallest absolute Gasteiger partial charge is 0.254 e. The number of hydrogen-bond acceptors (Lipinski definition) is 5. The lowest BCUT2D eigenvalue weighted by Gasteiger charge is -2.36. The van der Waals surface area contributed by atoms with E-state index in [1.54, 1.807) is 12.4 Å². The van der Waals surface area contributed by atoms with Crippen LogP contribution in [0.2, 0.25) is 0 Å². The van der Waals surface area contributed by atoms with Crippen LogP contribution in [0.1, 0.15) is 23.2 Å². The van der Waals surface area contributed by atoms with Crippen LogP contribution in [-0.4, -0.2) is 71.0 Å². The Hall–Kier alpha value is -3.32. The van der Waals surface area contributed by atoms with Crippen LogP contribution < -0.4 is 0 Å². The minimum absolute atomic E-state index is 0.0479. The number of para-hydroxylation sites is 1. The molecule has 164 valence electrons. The molecule has 5 rings (SSSR count).